The van der Waals surface area contributed by atoms with E-state index < -0.39 is 5.54 Å². The number of aliphatic hydroxyl groups is 1. The van der Waals surface area contributed by atoms with E-state index in [-0.39, 0.29) is 18.1 Å². The Morgan fingerprint density at radius 1 is 1.64 bits per heavy atom. The van der Waals surface area contributed by atoms with Gasteiger partial charge in [-0.15, -0.1) is 0 Å². The Kier molecular flexibility index (Phi) is 3.50. The number of nitrogens with two attached hydrogens (primary N) is 1. The summed E-state index contributed by atoms with van der Waals surface area (Å²) in [5.74, 6) is -0.101. The Hall–Kier alpha value is -0.610. The number of carbonyl (C=O) groups is 1. The Bertz CT molecular complexity index is 210. The van der Waals surface area contributed by atoms with E-state index in [4.69, 9.17) is 10.8 Å². The fourth-order valence-corrected chi connectivity index (χ4v) is 1.69. The zero-order valence-corrected chi connectivity index (χ0v) is 8.92. The van der Waals surface area contributed by atoms with E-state index in [1.54, 1.807) is 6.92 Å². The molecule has 0 aromatic rings. The molecule has 4 nitrogen and oxygen atoms in total. The second-order valence-electron chi connectivity index (χ2n) is 4.46. The third-order valence-electron chi connectivity index (χ3n) is 2.74. The Morgan fingerprint density at radius 3 is 2.64 bits per heavy atom. The summed E-state index contributed by atoms with van der Waals surface area (Å²) in [4.78, 5) is 11.6. The molecule has 4 heteroatoms. The van der Waals surface area contributed by atoms with Gasteiger partial charge in [-0.3, -0.25) is 4.79 Å². The van der Waals surface area contributed by atoms with Crippen LogP contribution in [0.2, 0.25) is 0 Å². The number of hydrogen-bond donors (Lipinski definition) is 3. The summed E-state index contributed by atoms with van der Waals surface area (Å²) in [7, 11) is 0. The van der Waals surface area contributed by atoms with Gasteiger partial charge in [-0.05, 0) is 26.2 Å². The molecule has 1 saturated carbocycles. The summed E-state index contributed by atoms with van der Waals surface area (Å²) in [5, 5.41) is 11.9. The Morgan fingerprint density at radius 2 is 2.21 bits per heavy atom. The van der Waals surface area contributed by atoms with E-state index in [1.807, 2.05) is 6.92 Å². The van der Waals surface area contributed by atoms with Gasteiger partial charge in [-0.25, -0.2) is 0 Å². The van der Waals surface area contributed by atoms with Crippen LogP contribution in [-0.2, 0) is 4.79 Å². The van der Waals surface area contributed by atoms with Crippen LogP contribution < -0.4 is 11.1 Å². The highest BCUT2D eigenvalue weighted by molar-refractivity contribution is 5.85. The minimum atomic E-state index is -0.769. The standard InChI is InChI=1S/C10H20N2O2/c1-3-4-10(2,11)9(14)12-7-5-8(13)6-7/h7-8,13H,3-6,11H2,1-2H3,(H,12,14). The van der Waals surface area contributed by atoms with Crippen molar-refractivity contribution in [2.24, 2.45) is 5.73 Å². The van der Waals surface area contributed by atoms with Crippen molar-refractivity contribution in [1.82, 2.24) is 5.32 Å². The molecule has 1 aliphatic rings. The number of nitrogens with one attached hydrogen (secondary N) is 1. The van der Waals surface area contributed by atoms with E-state index in [0.717, 1.165) is 6.42 Å². The highest BCUT2D eigenvalue weighted by Gasteiger charge is 2.33. The van der Waals surface area contributed by atoms with Crippen molar-refractivity contribution in [2.45, 2.75) is 57.2 Å². The fraction of sp³-hybridized carbons (Fsp3) is 0.900. The summed E-state index contributed by atoms with van der Waals surface area (Å²) in [6.45, 7) is 3.76. The molecular weight excluding hydrogens is 180 g/mol. The molecule has 1 rings (SSSR count). The van der Waals surface area contributed by atoms with Crippen molar-refractivity contribution in [3.8, 4) is 0 Å². The first-order valence-electron chi connectivity index (χ1n) is 5.23. The predicted octanol–water partition coefficient (Wildman–Crippen LogP) is 0.143. The number of carbonyl (C=O) groups excluding carboxylic acids is 1. The lowest BCUT2D eigenvalue weighted by Gasteiger charge is -2.34. The molecule has 82 valence electrons. The van der Waals surface area contributed by atoms with Gasteiger partial charge in [-0.2, -0.15) is 0 Å². The van der Waals surface area contributed by atoms with E-state index in [2.05, 4.69) is 5.32 Å². The second-order valence-corrected chi connectivity index (χ2v) is 4.46. The molecule has 0 spiro atoms. The molecule has 0 bridgehead atoms. The quantitative estimate of drug-likeness (QED) is 0.604. The lowest BCUT2D eigenvalue weighted by molar-refractivity contribution is -0.128. The van der Waals surface area contributed by atoms with Gasteiger partial charge in [0.15, 0.2) is 0 Å². The van der Waals surface area contributed by atoms with Gasteiger partial charge < -0.3 is 16.2 Å². The van der Waals surface area contributed by atoms with Gasteiger partial charge in [0.25, 0.3) is 0 Å². The fourth-order valence-electron chi connectivity index (χ4n) is 1.69. The molecular formula is C10H20N2O2. The Balaban J connectivity index is 2.33. The first kappa shape index (κ1) is 11.5. The third kappa shape index (κ3) is 2.69. The van der Waals surface area contributed by atoms with Crippen molar-refractivity contribution in [2.75, 3.05) is 0 Å². The van der Waals surface area contributed by atoms with Crippen LogP contribution in [0.3, 0.4) is 0 Å². The number of rotatable bonds is 4. The van der Waals surface area contributed by atoms with E-state index in [0.29, 0.717) is 19.3 Å². The average molecular weight is 200 g/mol. The van der Waals surface area contributed by atoms with Gasteiger partial charge in [0.05, 0.1) is 11.6 Å². The van der Waals surface area contributed by atoms with Crippen LogP contribution in [0.25, 0.3) is 0 Å². The molecule has 1 aliphatic carbocycles. The minimum absolute atomic E-state index is 0.101. The van der Waals surface area contributed by atoms with Crippen LogP contribution in [0, 0.1) is 0 Å². The zero-order chi connectivity index (χ0) is 10.8. The summed E-state index contributed by atoms with van der Waals surface area (Å²) in [6.07, 6.45) is 2.67. The first-order chi connectivity index (χ1) is 6.45. The van der Waals surface area contributed by atoms with Gasteiger partial charge in [0.1, 0.15) is 0 Å². The average Bonchev–Trinajstić information content (AvgIpc) is 2.01. The van der Waals surface area contributed by atoms with Gasteiger partial charge in [0, 0.05) is 6.04 Å². The van der Waals surface area contributed by atoms with Gasteiger partial charge >= 0.3 is 0 Å². The second kappa shape index (κ2) is 4.28. The van der Waals surface area contributed by atoms with Crippen LogP contribution >= 0.6 is 0 Å². The smallest absolute Gasteiger partial charge is 0.240 e. The SMILES string of the molecule is CCCC(C)(N)C(=O)NC1CC(O)C1. The van der Waals surface area contributed by atoms with Crippen LogP contribution in [0.5, 0.6) is 0 Å². The van der Waals surface area contributed by atoms with Crippen LogP contribution in [-0.4, -0.2) is 28.7 Å². The molecule has 1 atom stereocenters. The molecule has 4 N–H and O–H groups in total. The minimum Gasteiger partial charge on any atom is -0.393 e. The van der Waals surface area contributed by atoms with E-state index >= 15 is 0 Å². The number of aliphatic hydroxyl groups excluding tert-OH is 1. The van der Waals surface area contributed by atoms with Crippen molar-refractivity contribution in [1.29, 1.82) is 0 Å². The molecule has 0 aromatic carbocycles. The Labute approximate surface area is 84.9 Å². The third-order valence-corrected chi connectivity index (χ3v) is 2.74. The molecule has 0 heterocycles. The molecule has 1 unspecified atom stereocenters. The number of amides is 1. The van der Waals surface area contributed by atoms with E-state index in [1.165, 1.54) is 0 Å². The lowest BCUT2D eigenvalue weighted by Crippen LogP contribution is -2.57. The molecule has 0 aliphatic heterocycles. The van der Waals surface area contributed by atoms with Gasteiger partial charge in [0.2, 0.25) is 5.91 Å². The van der Waals surface area contributed by atoms with Crippen molar-refractivity contribution in [3.05, 3.63) is 0 Å². The summed E-state index contributed by atoms with van der Waals surface area (Å²) >= 11 is 0. The topological polar surface area (TPSA) is 75.4 Å². The molecule has 0 radical (unpaired) electrons. The van der Waals surface area contributed by atoms with Crippen molar-refractivity contribution < 1.29 is 9.90 Å². The molecule has 1 amide bonds. The normalized spacial score (nSPS) is 30.3. The highest BCUT2D eigenvalue weighted by Crippen LogP contribution is 2.20. The maximum absolute atomic E-state index is 11.6. The zero-order valence-electron chi connectivity index (χ0n) is 8.92. The van der Waals surface area contributed by atoms with E-state index in [9.17, 15) is 4.79 Å². The molecule has 0 aromatic heterocycles. The van der Waals surface area contributed by atoms with Crippen molar-refractivity contribution in [3.63, 3.8) is 0 Å². The molecule has 14 heavy (non-hydrogen) atoms. The van der Waals surface area contributed by atoms with Crippen LogP contribution in [0.15, 0.2) is 0 Å². The highest BCUT2D eigenvalue weighted by atomic mass is 16.3. The van der Waals surface area contributed by atoms with Crippen LogP contribution in [0.1, 0.15) is 39.5 Å². The summed E-state index contributed by atoms with van der Waals surface area (Å²) in [6, 6.07) is 0.122. The summed E-state index contributed by atoms with van der Waals surface area (Å²) < 4.78 is 0. The predicted molar refractivity (Wildman–Crippen MR) is 54.7 cm³/mol. The van der Waals surface area contributed by atoms with Crippen LogP contribution in [0.4, 0.5) is 0 Å². The number of hydrogen-bond acceptors (Lipinski definition) is 3. The lowest BCUT2D eigenvalue weighted by atomic mass is 9.88. The van der Waals surface area contributed by atoms with Gasteiger partial charge in [-0.1, -0.05) is 13.3 Å². The van der Waals surface area contributed by atoms with Crippen molar-refractivity contribution >= 4 is 5.91 Å². The maximum Gasteiger partial charge on any atom is 0.240 e. The largest absolute Gasteiger partial charge is 0.393 e. The molecule has 0 saturated heterocycles. The molecule has 1 fully saturated rings. The first-order valence-corrected chi connectivity index (χ1v) is 5.23. The maximum atomic E-state index is 11.6. The summed E-state index contributed by atoms with van der Waals surface area (Å²) in [5.41, 5.74) is 5.09. The monoisotopic (exact) mass is 200 g/mol.